The Morgan fingerprint density at radius 3 is 2.52 bits per heavy atom. The van der Waals surface area contributed by atoms with Gasteiger partial charge >= 0.3 is 0 Å². The van der Waals surface area contributed by atoms with Crippen LogP contribution in [0.4, 0.5) is 11.6 Å². The number of carbonyl (C=O) groups excluding carboxylic acids is 1. The molecule has 0 aliphatic rings. The number of aryl methyl sites for hydroxylation is 1. The van der Waals surface area contributed by atoms with Crippen LogP contribution in [-0.4, -0.2) is 16.1 Å². The topological polar surface area (TPSA) is 80.0 Å². The molecule has 3 aromatic rings. The third kappa shape index (κ3) is 3.74. The first-order valence-electron chi connectivity index (χ1n) is 7.19. The zero-order valence-electron chi connectivity index (χ0n) is 12.6. The first-order valence-corrected chi connectivity index (χ1v) is 7.19. The Kier molecular flexibility index (Phi) is 4.33. The number of carbonyl (C=O) groups is 1. The number of rotatable bonds is 5. The monoisotopic (exact) mass is 308 g/mol. The molecule has 0 atom stereocenters. The van der Waals surface area contributed by atoms with Crippen molar-refractivity contribution in [3.8, 4) is 0 Å². The van der Waals surface area contributed by atoms with Crippen LogP contribution < -0.4 is 10.6 Å². The van der Waals surface area contributed by atoms with Crippen molar-refractivity contribution in [1.82, 2.24) is 10.2 Å². The van der Waals surface area contributed by atoms with Crippen LogP contribution in [0.25, 0.3) is 0 Å². The average molecular weight is 308 g/mol. The fourth-order valence-electron chi connectivity index (χ4n) is 2.07. The van der Waals surface area contributed by atoms with E-state index in [1.165, 1.54) is 17.4 Å². The van der Waals surface area contributed by atoms with Crippen LogP contribution in [0, 0.1) is 6.92 Å². The third-order valence-electron chi connectivity index (χ3n) is 3.37. The molecule has 2 N–H and O–H groups in total. The van der Waals surface area contributed by atoms with Crippen LogP contribution in [-0.2, 0) is 6.54 Å². The zero-order chi connectivity index (χ0) is 16.1. The Morgan fingerprint density at radius 1 is 1.04 bits per heavy atom. The van der Waals surface area contributed by atoms with Gasteiger partial charge in [-0.15, -0.1) is 10.2 Å². The summed E-state index contributed by atoms with van der Waals surface area (Å²) in [5, 5.41) is 13.9. The fourth-order valence-corrected chi connectivity index (χ4v) is 2.07. The highest BCUT2D eigenvalue weighted by molar-refractivity contribution is 6.01. The van der Waals surface area contributed by atoms with E-state index in [0.717, 1.165) is 0 Å². The molecule has 0 aliphatic heterocycles. The standard InChI is InChI=1S/C17H16N4O2/c1-12-5-2-3-6-13(12)11-18-15-8-9-16(21-20-15)19-17(22)14-7-4-10-23-14/h2-10H,11H2,1H3,(H,18,20)(H,19,21,22). The lowest BCUT2D eigenvalue weighted by Crippen LogP contribution is -2.13. The van der Waals surface area contributed by atoms with Gasteiger partial charge in [-0.2, -0.15) is 0 Å². The summed E-state index contributed by atoms with van der Waals surface area (Å²) in [6, 6.07) is 14.8. The van der Waals surface area contributed by atoms with Crippen molar-refractivity contribution in [1.29, 1.82) is 0 Å². The number of aromatic nitrogens is 2. The molecule has 0 spiro atoms. The molecule has 1 amide bonds. The van der Waals surface area contributed by atoms with E-state index >= 15 is 0 Å². The van der Waals surface area contributed by atoms with E-state index in [1.807, 2.05) is 12.1 Å². The van der Waals surface area contributed by atoms with Crippen molar-refractivity contribution in [2.45, 2.75) is 13.5 Å². The Labute approximate surface area is 133 Å². The van der Waals surface area contributed by atoms with Crippen molar-refractivity contribution < 1.29 is 9.21 Å². The highest BCUT2D eigenvalue weighted by Crippen LogP contribution is 2.12. The predicted octanol–water partition coefficient (Wildman–Crippen LogP) is 3.24. The fraction of sp³-hybridized carbons (Fsp3) is 0.118. The van der Waals surface area contributed by atoms with E-state index in [0.29, 0.717) is 18.2 Å². The Morgan fingerprint density at radius 2 is 1.83 bits per heavy atom. The van der Waals surface area contributed by atoms with Gasteiger partial charge in [0, 0.05) is 6.54 Å². The van der Waals surface area contributed by atoms with E-state index in [9.17, 15) is 4.79 Å². The van der Waals surface area contributed by atoms with Gasteiger partial charge in [0.2, 0.25) is 0 Å². The molecular weight excluding hydrogens is 292 g/mol. The van der Waals surface area contributed by atoms with Crippen molar-refractivity contribution in [3.05, 3.63) is 71.7 Å². The normalized spacial score (nSPS) is 10.3. The predicted molar refractivity (Wildman–Crippen MR) is 87.2 cm³/mol. The number of hydrogen-bond donors (Lipinski definition) is 2. The molecule has 6 heteroatoms. The lowest BCUT2D eigenvalue weighted by Gasteiger charge is -2.08. The number of nitrogens with zero attached hydrogens (tertiary/aromatic N) is 2. The maximum atomic E-state index is 11.8. The molecule has 3 rings (SSSR count). The van der Waals surface area contributed by atoms with E-state index < -0.39 is 0 Å². The quantitative estimate of drug-likeness (QED) is 0.756. The van der Waals surface area contributed by atoms with Crippen LogP contribution in [0.5, 0.6) is 0 Å². The summed E-state index contributed by atoms with van der Waals surface area (Å²) in [6.45, 7) is 2.73. The van der Waals surface area contributed by atoms with Gasteiger partial charge in [0.25, 0.3) is 5.91 Å². The lowest BCUT2D eigenvalue weighted by molar-refractivity contribution is 0.0996. The van der Waals surface area contributed by atoms with Gasteiger partial charge in [0.05, 0.1) is 6.26 Å². The van der Waals surface area contributed by atoms with Gasteiger partial charge in [-0.05, 0) is 42.3 Å². The number of nitrogens with one attached hydrogen (secondary N) is 2. The number of furan rings is 1. The second-order valence-corrected chi connectivity index (χ2v) is 5.02. The highest BCUT2D eigenvalue weighted by atomic mass is 16.3. The number of hydrogen-bond acceptors (Lipinski definition) is 5. The summed E-state index contributed by atoms with van der Waals surface area (Å²) >= 11 is 0. The first kappa shape index (κ1) is 14.8. The number of amides is 1. The molecule has 23 heavy (non-hydrogen) atoms. The summed E-state index contributed by atoms with van der Waals surface area (Å²) < 4.78 is 5.02. The van der Waals surface area contributed by atoms with Crippen LogP contribution in [0.3, 0.4) is 0 Å². The average Bonchev–Trinajstić information content (AvgIpc) is 3.10. The minimum absolute atomic E-state index is 0.230. The van der Waals surface area contributed by atoms with Gasteiger partial charge in [-0.25, -0.2) is 0 Å². The molecule has 0 bridgehead atoms. The molecular formula is C17H16N4O2. The Balaban J connectivity index is 1.59. The van der Waals surface area contributed by atoms with Crippen LogP contribution in [0.15, 0.2) is 59.2 Å². The zero-order valence-corrected chi connectivity index (χ0v) is 12.6. The SMILES string of the molecule is Cc1ccccc1CNc1ccc(NC(=O)c2ccco2)nn1. The minimum atomic E-state index is -0.357. The summed E-state index contributed by atoms with van der Waals surface area (Å²) in [4.78, 5) is 11.8. The molecule has 0 radical (unpaired) electrons. The van der Waals surface area contributed by atoms with Crippen molar-refractivity contribution >= 4 is 17.5 Å². The summed E-state index contributed by atoms with van der Waals surface area (Å²) in [5.74, 6) is 0.885. The van der Waals surface area contributed by atoms with Crippen molar-refractivity contribution in [2.24, 2.45) is 0 Å². The lowest BCUT2D eigenvalue weighted by atomic mass is 10.1. The van der Waals surface area contributed by atoms with E-state index in [4.69, 9.17) is 4.42 Å². The Hall–Kier alpha value is -3.15. The molecule has 2 aromatic heterocycles. The Bertz CT molecular complexity index is 783. The second kappa shape index (κ2) is 6.74. The molecule has 0 fully saturated rings. The molecule has 2 heterocycles. The largest absolute Gasteiger partial charge is 0.459 e. The number of anilines is 2. The van der Waals surface area contributed by atoms with Crippen LogP contribution >= 0.6 is 0 Å². The molecule has 0 aliphatic carbocycles. The van der Waals surface area contributed by atoms with Gasteiger partial charge in [0.15, 0.2) is 11.6 Å². The highest BCUT2D eigenvalue weighted by Gasteiger charge is 2.09. The molecule has 116 valence electrons. The van der Waals surface area contributed by atoms with Gasteiger partial charge in [-0.3, -0.25) is 4.79 Å². The molecule has 0 saturated heterocycles. The van der Waals surface area contributed by atoms with Crippen molar-refractivity contribution in [3.63, 3.8) is 0 Å². The second-order valence-electron chi connectivity index (χ2n) is 5.02. The summed E-state index contributed by atoms with van der Waals surface area (Å²) in [5.41, 5.74) is 2.42. The summed E-state index contributed by atoms with van der Waals surface area (Å²) in [6.07, 6.45) is 1.44. The van der Waals surface area contributed by atoms with E-state index in [-0.39, 0.29) is 11.7 Å². The van der Waals surface area contributed by atoms with Gasteiger partial charge in [-0.1, -0.05) is 24.3 Å². The van der Waals surface area contributed by atoms with Crippen LogP contribution in [0.1, 0.15) is 21.7 Å². The van der Waals surface area contributed by atoms with E-state index in [1.54, 1.807) is 24.3 Å². The van der Waals surface area contributed by atoms with Gasteiger partial charge in [0.1, 0.15) is 5.82 Å². The molecule has 6 nitrogen and oxygen atoms in total. The maximum absolute atomic E-state index is 11.8. The smallest absolute Gasteiger partial charge is 0.292 e. The summed E-state index contributed by atoms with van der Waals surface area (Å²) in [7, 11) is 0. The van der Waals surface area contributed by atoms with E-state index in [2.05, 4.69) is 39.9 Å². The number of benzene rings is 1. The molecule has 0 unspecified atom stereocenters. The van der Waals surface area contributed by atoms with Crippen LogP contribution in [0.2, 0.25) is 0 Å². The maximum Gasteiger partial charge on any atom is 0.292 e. The third-order valence-corrected chi connectivity index (χ3v) is 3.37. The van der Waals surface area contributed by atoms with Crippen molar-refractivity contribution in [2.75, 3.05) is 10.6 Å². The minimum Gasteiger partial charge on any atom is -0.459 e. The van der Waals surface area contributed by atoms with Gasteiger partial charge < -0.3 is 15.1 Å². The molecule has 1 aromatic carbocycles. The first-order chi connectivity index (χ1) is 11.2. The molecule has 0 saturated carbocycles.